The molecule has 0 bridgehead atoms. The van der Waals surface area contributed by atoms with Gasteiger partial charge in [0, 0.05) is 12.8 Å². The summed E-state index contributed by atoms with van der Waals surface area (Å²) >= 11 is 0. The van der Waals surface area contributed by atoms with Gasteiger partial charge in [0.05, 0.1) is 5.60 Å². The Kier molecular flexibility index (Phi) is 3.16. The predicted octanol–water partition coefficient (Wildman–Crippen LogP) is 4.35. The van der Waals surface area contributed by atoms with Crippen LogP contribution < -0.4 is 0 Å². The van der Waals surface area contributed by atoms with Crippen LogP contribution in [0.3, 0.4) is 0 Å². The number of rotatable bonds is 0. The number of fused-ring (bicyclic) bond motifs is 5. The molecule has 0 radical (unpaired) electrons. The number of carbonyl (C=O) groups excluding carboxylic acids is 1. The van der Waals surface area contributed by atoms with Gasteiger partial charge in [0.1, 0.15) is 5.78 Å². The van der Waals surface area contributed by atoms with Crippen molar-refractivity contribution in [2.75, 3.05) is 0 Å². The molecule has 2 nitrogen and oxygen atoms in total. The van der Waals surface area contributed by atoms with Crippen molar-refractivity contribution in [3.63, 3.8) is 0 Å². The molecule has 2 heteroatoms. The molecule has 4 saturated carbocycles. The standard InChI is InChI=1S/C20H32O2/c1-18-9-6-14(21)12-13(18)4-5-15-16(18)7-10-19(2)17(15)8-11-20(19,3)22/h13,15-17,22H,4-12H2,1-3H3/t13-,15+,16-,17-,18-,19+,20+/m0/s1. The minimum absolute atomic E-state index is 0.127. The highest BCUT2D eigenvalue weighted by Crippen LogP contribution is 2.67. The first-order valence-electron chi connectivity index (χ1n) is 9.52. The van der Waals surface area contributed by atoms with E-state index in [4.69, 9.17) is 0 Å². The first-order chi connectivity index (χ1) is 10.3. The first kappa shape index (κ1) is 15.2. The van der Waals surface area contributed by atoms with Gasteiger partial charge in [0.15, 0.2) is 0 Å². The first-order valence-corrected chi connectivity index (χ1v) is 9.52. The quantitative estimate of drug-likeness (QED) is 0.722. The van der Waals surface area contributed by atoms with Crippen molar-refractivity contribution >= 4 is 5.78 Å². The average Bonchev–Trinajstić information content (AvgIpc) is 2.70. The molecule has 0 spiro atoms. The highest BCUT2D eigenvalue weighted by molar-refractivity contribution is 5.79. The van der Waals surface area contributed by atoms with Crippen LogP contribution in [0, 0.1) is 34.5 Å². The van der Waals surface area contributed by atoms with E-state index in [1.165, 1.54) is 32.1 Å². The van der Waals surface area contributed by atoms with Gasteiger partial charge in [-0.3, -0.25) is 4.79 Å². The summed E-state index contributed by atoms with van der Waals surface area (Å²) in [5.41, 5.74) is 0.0530. The fourth-order valence-corrected chi connectivity index (χ4v) is 7.29. The van der Waals surface area contributed by atoms with Crippen molar-refractivity contribution < 1.29 is 9.90 Å². The van der Waals surface area contributed by atoms with E-state index in [1.807, 2.05) is 0 Å². The normalized spacial score (nSPS) is 57.9. The summed E-state index contributed by atoms with van der Waals surface area (Å²) in [6.07, 6.45) is 9.98. The molecule has 0 aromatic rings. The van der Waals surface area contributed by atoms with Gasteiger partial charge in [-0.05, 0) is 86.4 Å². The van der Waals surface area contributed by atoms with Gasteiger partial charge in [-0.2, -0.15) is 0 Å². The van der Waals surface area contributed by atoms with Gasteiger partial charge in [0.25, 0.3) is 0 Å². The zero-order valence-corrected chi connectivity index (χ0v) is 14.5. The zero-order chi connectivity index (χ0) is 15.8. The topological polar surface area (TPSA) is 37.3 Å². The van der Waals surface area contributed by atoms with E-state index in [0.717, 1.165) is 37.5 Å². The zero-order valence-electron chi connectivity index (χ0n) is 14.5. The second-order valence-corrected chi connectivity index (χ2v) is 9.67. The summed E-state index contributed by atoms with van der Waals surface area (Å²) in [6, 6.07) is 0. The molecule has 4 aliphatic carbocycles. The van der Waals surface area contributed by atoms with Crippen molar-refractivity contribution in [2.24, 2.45) is 34.5 Å². The van der Waals surface area contributed by atoms with Crippen molar-refractivity contribution in [2.45, 2.75) is 84.2 Å². The van der Waals surface area contributed by atoms with E-state index < -0.39 is 5.60 Å². The molecule has 4 aliphatic rings. The minimum atomic E-state index is -0.469. The number of Topliss-reactive ketones (excluding diaryl/α,β-unsaturated/α-hetero) is 1. The number of hydrogen-bond acceptors (Lipinski definition) is 2. The Labute approximate surface area is 135 Å². The largest absolute Gasteiger partial charge is 0.390 e. The summed E-state index contributed by atoms with van der Waals surface area (Å²) in [6.45, 7) is 6.94. The molecular weight excluding hydrogens is 272 g/mol. The van der Waals surface area contributed by atoms with E-state index in [0.29, 0.717) is 23.0 Å². The number of carbonyl (C=O) groups is 1. The molecule has 0 saturated heterocycles. The molecule has 22 heavy (non-hydrogen) atoms. The summed E-state index contributed by atoms with van der Waals surface area (Å²) < 4.78 is 0. The van der Waals surface area contributed by atoms with Crippen LogP contribution in [0.25, 0.3) is 0 Å². The van der Waals surface area contributed by atoms with Crippen LogP contribution in [0.5, 0.6) is 0 Å². The Morgan fingerprint density at radius 2 is 1.68 bits per heavy atom. The predicted molar refractivity (Wildman–Crippen MR) is 87.4 cm³/mol. The Hall–Kier alpha value is -0.370. The maximum absolute atomic E-state index is 11.9. The molecule has 0 amide bonds. The second kappa shape index (κ2) is 4.59. The smallest absolute Gasteiger partial charge is 0.133 e. The molecule has 124 valence electrons. The molecule has 4 rings (SSSR count). The third kappa shape index (κ3) is 1.79. The van der Waals surface area contributed by atoms with Crippen LogP contribution >= 0.6 is 0 Å². The van der Waals surface area contributed by atoms with Gasteiger partial charge in [-0.15, -0.1) is 0 Å². The molecule has 0 aliphatic heterocycles. The number of aliphatic hydroxyl groups is 1. The highest BCUT2D eigenvalue weighted by Gasteiger charge is 2.63. The SMILES string of the molecule is C[C@]12CCC(=O)C[C@@H]1CC[C@@H]1[C@@H]2CC[C@]2(C)[C@H]1CC[C@@]2(C)O. The molecular formula is C20H32O2. The van der Waals surface area contributed by atoms with E-state index >= 15 is 0 Å². The van der Waals surface area contributed by atoms with Crippen LogP contribution in [0.1, 0.15) is 78.6 Å². The Morgan fingerprint density at radius 1 is 0.955 bits per heavy atom. The van der Waals surface area contributed by atoms with Crippen molar-refractivity contribution in [1.82, 2.24) is 0 Å². The number of hydrogen-bond donors (Lipinski definition) is 1. The lowest BCUT2D eigenvalue weighted by molar-refractivity contribution is -0.152. The van der Waals surface area contributed by atoms with Crippen molar-refractivity contribution in [3.8, 4) is 0 Å². The monoisotopic (exact) mass is 304 g/mol. The lowest BCUT2D eigenvalue weighted by atomic mass is 9.44. The summed E-state index contributed by atoms with van der Waals surface area (Å²) in [5, 5.41) is 10.9. The van der Waals surface area contributed by atoms with Gasteiger partial charge in [-0.1, -0.05) is 13.8 Å². The fourth-order valence-electron chi connectivity index (χ4n) is 7.29. The third-order valence-corrected chi connectivity index (χ3v) is 9.04. The van der Waals surface area contributed by atoms with Gasteiger partial charge >= 0.3 is 0 Å². The average molecular weight is 304 g/mol. The maximum atomic E-state index is 11.9. The molecule has 0 aromatic carbocycles. The molecule has 0 aromatic heterocycles. The van der Waals surface area contributed by atoms with Crippen LogP contribution in [-0.2, 0) is 4.79 Å². The fraction of sp³-hybridized carbons (Fsp3) is 0.950. The van der Waals surface area contributed by atoms with Gasteiger partial charge < -0.3 is 5.11 Å². The lowest BCUT2D eigenvalue weighted by Gasteiger charge is -2.60. The highest BCUT2D eigenvalue weighted by atomic mass is 16.3. The number of ketones is 1. The van der Waals surface area contributed by atoms with Crippen LogP contribution in [0.4, 0.5) is 0 Å². The minimum Gasteiger partial charge on any atom is -0.390 e. The molecule has 4 fully saturated rings. The Morgan fingerprint density at radius 3 is 2.45 bits per heavy atom. The van der Waals surface area contributed by atoms with Crippen LogP contribution in [0.15, 0.2) is 0 Å². The van der Waals surface area contributed by atoms with E-state index in [2.05, 4.69) is 20.8 Å². The lowest BCUT2D eigenvalue weighted by Crippen LogP contribution is -2.55. The maximum Gasteiger partial charge on any atom is 0.133 e. The summed E-state index contributed by atoms with van der Waals surface area (Å²) in [4.78, 5) is 11.9. The van der Waals surface area contributed by atoms with Crippen LogP contribution in [0.2, 0.25) is 0 Å². The summed E-state index contributed by atoms with van der Waals surface area (Å²) in [5.74, 6) is 3.44. The van der Waals surface area contributed by atoms with Gasteiger partial charge in [0.2, 0.25) is 0 Å². The Balaban J connectivity index is 1.65. The van der Waals surface area contributed by atoms with E-state index in [-0.39, 0.29) is 5.41 Å². The molecule has 0 heterocycles. The van der Waals surface area contributed by atoms with E-state index in [9.17, 15) is 9.90 Å². The molecule has 7 atom stereocenters. The van der Waals surface area contributed by atoms with Crippen LogP contribution in [-0.4, -0.2) is 16.5 Å². The molecule has 1 N–H and O–H groups in total. The van der Waals surface area contributed by atoms with Gasteiger partial charge in [-0.25, -0.2) is 0 Å². The molecule has 0 unspecified atom stereocenters. The Bertz CT molecular complexity index is 496. The third-order valence-electron chi connectivity index (χ3n) is 9.04. The second-order valence-electron chi connectivity index (χ2n) is 9.67. The summed E-state index contributed by atoms with van der Waals surface area (Å²) in [7, 11) is 0. The van der Waals surface area contributed by atoms with E-state index in [1.54, 1.807) is 0 Å². The van der Waals surface area contributed by atoms with Crippen molar-refractivity contribution in [3.05, 3.63) is 0 Å². The van der Waals surface area contributed by atoms with Crippen molar-refractivity contribution in [1.29, 1.82) is 0 Å².